The summed E-state index contributed by atoms with van der Waals surface area (Å²) in [6, 6.07) is 5.62. The van der Waals surface area contributed by atoms with Gasteiger partial charge >= 0.3 is 0 Å². The van der Waals surface area contributed by atoms with Crippen LogP contribution in [0.15, 0.2) is 22.7 Å². The van der Waals surface area contributed by atoms with Gasteiger partial charge in [-0.05, 0) is 44.4 Å². The normalized spacial score (nSPS) is 14.1. The number of benzene rings is 1. The third-order valence-corrected chi connectivity index (χ3v) is 4.32. The molecule has 100 valence electrons. The summed E-state index contributed by atoms with van der Waals surface area (Å²) in [5.74, 6) is 0.493. The van der Waals surface area contributed by atoms with Crippen molar-refractivity contribution in [1.82, 2.24) is 5.32 Å². The van der Waals surface area contributed by atoms with Gasteiger partial charge in [0.15, 0.2) is 0 Å². The largest absolute Gasteiger partial charge is 0.347 e. The molecule has 0 aliphatic rings. The molecule has 1 atom stereocenters. The molecule has 18 heavy (non-hydrogen) atoms. The fourth-order valence-electron chi connectivity index (χ4n) is 1.62. The van der Waals surface area contributed by atoms with E-state index >= 15 is 0 Å². The zero-order valence-electron chi connectivity index (χ0n) is 11.0. The average molecular weight is 333 g/mol. The number of hydrogen-bond donors (Lipinski definition) is 1. The van der Waals surface area contributed by atoms with Gasteiger partial charge in [0, 0.05) is 21.5 Å². The molecule has 1 amide bonds. The van der Waals surface area contributed by atoms with Gasteiger partial charge in [-0.25, -0.2) is 0 Å². The summed E-state index contributed by atoms with van der Waals surface area (Å²) in [7, 11) is 0. The van der Waals surface area contributed by atoms with E-state index in [2.05, 4.69) is 28.2 Å². The first-order chi connectivity index (χ1) is 8.41. The zero-order valence-corrected chi connectivity index (χ0v) is 13.4. The third kappa shape index (κ3) is 3.99. The summed E-state index contributed by atoms with van der Waals surface area (Å²) < 4.78 is 0.950. The maximum absolute atomic E-state index is 12.2. The van der Waals surface area contributed by atoms with Crippen LogP contribution >= 0.6 is 27.5 Å². The van der Waals surface area contributed by atoms with Crippen molar-refractivity contribution in [1.29, 1.82) is 0 Å². The van der Waals surface area contributed by atoms with E-state index in [0.717, 1.165) is 22.9 Å². The number of aryl methyl sites for hydroxylation is 1. The van der Waals surface area contributed by atoms with Gasteiger partial charge in [-0.15, -0.1) is 11.6 Å². The van der Waals surface area contributed by atoms with Gasteiger partial charge < -0.3 is 5.32 Å². The van der Waals surface area contributed by atoms with Gasteiger partial charge in [0.05, 0.1) is 0 Å². The number of amides is 1. The van der Waals surface area contributed by atoms with E-state index in [1.54, 1.807) is 0 Å². The van der Waals surface area contributed by atoms with E-state index in [9.17, 15) is 4.79 Å². The molecule has 0 saturated heterocycles. The van der Waals surface area contributed by atoms with Crippen LogP contribution in [0.1, 0.15) is 42.6 Å². The van der Waals surface area contributed by atoms with Crippen molar-refractivity contribution in [3.05, 3.63) is 33.8 Å². The second-order valence-electron chi connectivity index (χ2n) is 4.77. The van der Waals surface area contributed by atoms with Crippen molar-refractivity contribution in [2.24, 2.45) is 0 Å². The minimum absolute atomic E-state index is 0.0508. The predicted molar refractivity (Wildman–Crippen MR) is 80.4 cm³/mol. The van der Waals surface area contributed by atoms with Gasteiger partial charge in [0.2, 0.25) is 0 Å². The van der Waals surface area contributed by atoms with E-state index in [0.29, 0.717) is 11.4 Å². The van der Waals surface area contributed by atoms with Crippen LogP contribution in [0.5, 0.6) is 0 Å². The van der Waals surface area contributed by atoms with Gasteiger partial charge in [0.25, 0.3) is 5.91 Å². The minimum atomic E-state index is -0.240. The van der Waals surface area contributed by atoms with Crippen LogP contribution in [0, 0.1) is 6.92 Å². The molecule has 2 nitrogen and oxygen atoms in total. The highest BCUT2D eigenvalue weighted by atomic mass is 79.9. The molecule has 0 aliphatic carbocycles. The highest BCUT2D eigenvalue weighted by Crippen LogP contribution is 2.20. The number of carbonyl (C=O) groups excluding carboxylic acids is 1. The summed E-state index contributed by atoms with van der Waals surface area (Å²) in [5, 5.41) is 3.06. The van der Waals surface area contributed by atoms with Crippen molar-refractivity contribution in [2.45, 2.75) is 39.2 Å². The van der Waals surface area contributed by atoms with E-state index in [1.165, 1.54) is 0 Å². The lowest BCUT2D eigenvalue weighted by atomic mass is 9.95. The quantitative estimate of drug-likeness (QED) is 0.801. The lowest BCUT2D eigenvalue weighted by Gasteiger charge is -2.29. The Hall–Kier alpha value is -0.540. The van der Waals surface area contributed by atoms with Crippen molar-refractivity contribution < 1.29 is 4.79 Å². The molecule has 0 aliphatic heterocycles. The van der Waals surface area contributed by atoms with E-state index in [1.807, 2.05) is 32.0 Å². The first-order valence-corrected chi connectivity index (χ1v) is 7.39. The van der Waals surface area contributed by atoms with Crippen LogP contribution < -0.4 is 5.32 Å². The summed E-state index contributed by atoms with van der Waals surface area (Å²) in [6.45, 7) is 6.07. The Morgan fingerprint density at radius 1 is 1.50 bits per heavy atom. The predicted octanol–water partition coefficient (Wildman–Crippen LogP) is 4.28. The molecule has 0 radical (unpaired) electrons. The van der Waals surface area contributed by atoms with E-state index < -0.39 is 0 Å². The first-order valence-electron chi connectivity index (χ1n) is 6.06. The second-order valence-corrected chi connectivity index (χ2v) is 6.00. The summed E-state index contributed by atoms with van der Waals surface area (Å²) in [4.78, 5) is 12.2. The maximum Gasteiger partial charge on any atom is 0.251 e. The Bertz CT molecular complexity index is 436. The molecule has 0 fully saturated rings. The molecule has 4 heteroatoms. The third-order valence-electron chi connectivity index (χ3n) is 3.28. The molecular weight excluding hydrogens is 314 g/mol. The molecule has 1 N–H and O–H groups in total. The lowest BCUT2D eigenvalue weighted by Crippen LogP contribution is -2.45. The first kappa shape index (κ1) is 15.5. The molecule has 1 aromatic carbocycles. The second kappa shape index (κ2) is 6.58. The van der Waals surface area contributed by atoms with Gasteiger partial charge in [-0.2, -0.15) is 0 Å². The Balaban J connectivity index is 2.84. The fraction of sp³-hybridized carbons (Fsp3) is 0.500. The maximum atomic E-state index is 12.2. The number of nitrogens with one attached hydrogen (secondary N) is 1. The molecule has 0 aromatic heterocycles. The van der Waals surface area contributed by atoms with Crippen molar-refractivity contribution >= 4 is 33.4 Å². The number of alkyl halides is 1. The Kier molecular flexibility index (Phi) is 5.67. The number of hydrogen-bond acceptors (Lipinski definition) is 1. The average Bonchev–Trinajstić information content (AvgIpc) is 2.32. The molecule has 1 unspecified atom stereocenters. The van der Waals surface area contributed by atoms with Crippen molar-refractivity contribution in [3.63, 3.8) is 0 Å². The summed E-state index contributed by atoms with van der Waals surface area (Å²) in [5.41, 5.74) is 1.54. The molecule has 1 aromatic rings. The van der Waals surface area contributed by atoms with Gasteiger partial charge in [-0.1, -0.05) is 28.9 Å². The number of carbonyl (C=O) groups is 1. The Labute approximate surface area is 122 Å². The highest BCUT2D eigenvalue weighted by Gasteiger charge is 2.24. The van der Waals surface area contributed by atoms with Crippen LogP contribution in [0.3, 0.4) is 0 Å². The smallest absolute Gasteiger partial charge is 0.251 e. The Morgan fingerprint density at radius 2 is 2.17 bits per heavy atom. The number of halogens is 2. The molecule has 0 spiro atoms. The van der Waals surface area contributed by atoms with Crippen LogP contribution in [0.2, 0.25) is 0 Å². The SMILES string of the molecule is CCC(C)(CCCl)NC(=O)c1ccc(C)c(Br)c1. The van der Waals surface area contributed by atoms with Crippen LogP contribution in [-0.4, -0.2) is 17.3 Å². The van der Waals surface area contributed by atoms with Crippen LogP contribution in [0.4, 0.5) is 0 Å². The molecule has 0 saturated carbocycles. The van der Waals surface area contributed by atoms with E-state index in [4.69, 9.17) is 11.6 Å². The standard InChI is InChI=1S/C14H19BrClNO/c1-4-14(3,7-8-16)17-13(18)11-6-5-10(2)12(15)9-11/h5-6,9H,4,7-8H2,1-3H3,(H,17,18). The topological polar surface area (TPSA) is 29.1 Å². The molecule has 0 bridgehead atoms. The van der Waals surface area contributed by atoms with Crippen molar-refractivity contribution in [2.75, 3.05) is 5.88 Å². The van der Waals surface area contributed by atoms with E-state index in [-0.39, 0.29) is 11.4 Å². The van der Waals surface area contributed by atoms with Crippen LogP contribution in [-0.2, 0) is 0 Å². The summed E-state index contributed by atoms with van der Waals surface area (Å²) in [6.07, 6.45) is 1.63. The lowest BCUT2D eigenvalue weighted by molar-refractivity contribution is 0.0901. The summed E-state index contributed by atoms with van der Waals surface area (Å²) >= 11 is 9.22. The highest BCUT2D eigenvalue weighted by molar-refractivity contribution is 9.10. The molecule has 1 rings (SSSR count). The van der Waals surface area contributed by atoms with Gasteiger partial charge in [-0.3, -0.25) is 4.79 Å². The molecule has 0 heterocycles. The monoisotopic (exact) mass is 331 g/mol. The van der Waals surface area contributed by atoms with Crippen LogP contribution in [0.25, 0.3) is 0 Å². The van der Waals surface area contributed by atoms with Crippen molar-refractivity contribution in [3.8, 4) is 0 Å². The fourth-order valence-corrected chi connectivity index (χ4v) is 2.41. The molecular formula is C14H19BrClNO. The zero-order chi connectivity index (χ0) is 13.8. The van der Waals surface area contributed by atoms with Gasteiger partial charge in [0.1, 0.15) is 0 Å². The minimum Gasteiger partial charge on any atom is -0.347 e. The Morgan fingerprint density at radius 3 is 2.67 bits per heavy atom. The number of rotatable bonds is 5.